The molecule has 18 heavy (non-hydrogen) atoms. The lowest BCUT2D eigenvalue weighted by Gasteiger charge is -2.07. The van der Waals surface area contributed by atoms with E-state index in [4.69, 9.17) is 0 Å². The van der Waals surface area contributed by atoms with Crippen molar-refractivity contribution >= 4 is 21.7 Å². The summed E-state index contributed by atoms with van der Waals surface area (Å²) in [6.07, 6.45) is 1.56. The van der Waals surface area contributed by atoms with Crippen LogP contribution < -0.4 is 5.32 Å². The molecule has 0 saturated carbocycles. The first-order valence-electron chi connectivity index (χ1n) is 5.53. The smallest absolute Gasteiger partial charge is 0.166 e. The predicted molar refractivity (Wildman–Crippen MR) is 71.9 cm³/mol. The van der Waals surface area contributed by atoms with Gasteiger partial charge < -0.3 is 5.32 Å². The summed E-state index contributed by atoms with van der Waals surface area (Å²) in [5.41, 5.74) is 3.08. The van der Waals surface area contributed by atoms with Gasteiger partial charge in [-0.15, -0.1) is 0 Å². The summed E-state index contributed by atoms with van der Waals surface area (Å²) in [4.78, 5) is 4.00. The van der Waals surface area contributed by atoms with Gasteiger partial charge in [0.25, 0.3) is 0 Å². The molecule has 0 fully saturated rings. The summed E-state index contributed by atoms with van der Waals surface area (Å²) in [6.45, 7) is 4.44. The van der Waals surface area contributed by atoms with Gasteiger partial charge in [0.2, 0.25) is 0 Å². The molecule has 0 atom stereocenters. The molecule has 6 heteroatoms. The number of pyridine rings is 1. The van der Waals surface area contributed by atoms with Crippen LogP contribution in [0, 0.1) is 19.7 Å². The Labute approximate surface area is 113 Å². The van der Waals surface area contributed by atoms with Crippen molar-refractivity contribution in [3.8, 4) is 0 Å². The Bertz CT molecular complexity index is 580. The van der Waals surface area contributed by atoms with E-state index in [1.807, 2.05) is 25.6 Å². The number of nitrogens with one attached hydrogen (secondary N) is 1. The lowest BCUT2D eigenvalue weighted by molar-refractivity contribution is 0.623. The Morgan fingerprint density at radius 2 is 2.17 bits per heavy atom. The molecule has 0 unspecified atom stereocenters. The topological polar surface area (TPSA) is 42.7 Å². The lowest BCUT2D eigenvalue weighted by Crippen LogP contribution is -2.05. The maximum atomic E-state index is 13.6. The first kappa shape index (κ1) is 13.0. The molecule has 96 valence electrons. The second-order valence-corrected chi connectivity index (χ2v) is 5.03. The Balaban J connectivity index is 2.16. The van der Waals surface area contributed by atoms with Crippen LogP contribution in [-0.4, -0.2) is 14.8 Å². The monoisotopic (exact) mass is 312 g/mol. The van der Waals surface area contributed by atoms with Crippen LogP contribution in [0.25, 0.3) is 0 Å². The molecule has 0 aromatic carbocycles. The molecule has 0 aliphatic heterocycles. The van der Waals surface area contributed by atoms with Gasteiger partial charge in [-0.3, -0.25) is 4.68 Å². The second-order valence-electron chi connectivity index (χ2n) is 4.11. The van der Waals surface area contributed by atoms with Gasteiger partial charge >= 0.3 is 0 Å². The van der Waals surface area contributed by atoms with Crippen LogP contribution in [0.4, 0.5) is 10.2 Å². The lowest BCUT2D eigenvalue weighted by atomic mass is 10.2. The average molecular weight is 313 g/mol. The fourth-order valence-corrected chi connectivity index (χ4v) is 2.09. The molecule has 0 bridgehead atoms. The van der Waals surface area contributed by atoms with Crippen LogP contribution in [0.3, 0.4) is 0 Å². The molecule has 0 spiro atoms. The van der Waals surface area contributed by atoms with Gasteiger partial charge in [0.1, 0.15) is 0 Å². The van der Waals surface area contributed by atoms with E-state index in [0.29, 0.717) is 11.0 Å². The molecule has 1 N–H and O–H groups in total. The van der Waals surface area contributed by atoms with Crippen molar-refractivity contribution in [1.82, 2.24) is 14.8 Å². The third-order valence-electron chi connectivity index (χ3n) is 2.90. The molecule has 0 aliphatic rings. The molecular weight excluding hydrogens is 299 g/mol. The Kier molecular flexibility index (Phi) is 3.65. The fraction of sp³-hybridized carbons (Fsp3) is 0.333. The van der Waals surface area contributed by atoms with Gasteiger partial charge in [-0.05, 0) is 35.8 Å². The number of anilines is 1. The van der Waals surface area contributed by atoms with E-state index in [1.165, 1.54) is 6.07 Å². The van der Waals surface area contributed by atoms with Gasteiger partial charge in [-0.25, -0.2) is 9.37 Å². The minimum absolute atomic E-state index is 0.251. The maximum Gasteiger partial charge on any atom is 0.166 e. The number of hydrogen-bond acceptors (Lipinski definition) is 3. The molecular formula is C12H14BrFN4. The fourth-order valence-electron chi connectivity index (χ4n) is 1.79. The van der Waals surface area contributed by atoms with Crippen LogP contribution in [-0.2, 0) is 13.6 Å². The summed E-state index contributed by atoms with van der Waals surface area (Å²) >= 11 is 3.18. The van der Waals surface area contributed by atoms with Crippen LogP contribution in [0.5, 0.6) is 0 Å². The highest BCUT2D eigenvalue weighted by Crippen LogP contribution is 2.18. The average Bonchev–Trinajstić information content (AvgIpc) is 2.53. The van der Waals surface area contributed by atoms with Gasteiger partial charge in [-0.2, -0.15) is 5.10 Å². The van der Waals surface area contributed by atoms with Crippen molar-refractivity contribution < 1.29 is 4.39 Å². The van der Waals surface area contributed by atoms with Crippen LogP contribution in [0.15, 0.2) is 16.7 Å². The van der Waals surface area contributed by atoms with Crippen molar-refractivity contribution in [3.05, 3.63) is 39.5 Å². The molecule has 0 saturated heterocycles. The summed E-state index contributed by atoms with van der Waals surface area (Å²) < 4.78 is 16.0. The Morgan fingerprint density at radius 1 is 1.44 bits per heavy atom. The van der Waals surface area contributed by atoms with E-state index in [-0.39, 0.29) is 11.6 Å². The first-order valence-corrected chi connectivity index (χ1v) is 6.32. The van der Waals surface area contributed by atoms with Gasteiger partial charge in [0.05, 0.1) is 5.69 Å². The Hall–Kier alpha value is -1.43. The van der Waals surface area contributed by atoms with E-state index in [0.717, 1.165) is 17.0 Å². The molecule has 2 aromatic rings. The quantitative estimate of drug-likeness (QED) is 0.947. The molecule has 2 aromatic heterocycles. The SMILES string of the molecule is Cc1nn(C)c(C)c1CNc1ncc(Br)cc1F. The third kappa shape index (κ3) is 2.53. The minimum Gasteiger partial charge on any atom is -0.363 e. The van der Waals surface area contributed by atoms with E-state index in [1.54, 1.807) is 6.20 Å². The minimum atomic E-state index is -0.372. The highest BCUT2D eigenvalue weighted by molar-refractivity contribution is 9.10. The second kappa shape index (κ2) is 5.06. The van der Waals surface area contributed by atoms with E-state index in [2.05, 4.69) is 31.3 Å². The van der Waals surface area contributed by atoms with Crippen LogP contribution in [0.1, 0.15) is 17.0 Å². The molecule has 2 rings (SSSR count). The van der Waals surface area contributed by atoms with Crippen LogP contribution in [0.2, 0.25) is 0 Å². The normalized spacial score (nSPS) is 10.7. The number of nitrogens with zero attached hydrogens (tertiary/aromatic N) is 3. The summed E-state index contributed by atoms with van der Waals surface area (Å²) in [6, 6.07) is 1.39. The molecule has 2 heterocycles. The van der Waals surface area contributed by atoms with E-state index < -0.39 is 0 Å². The maximum absolute atomic E-state index is 13.6. The zero-order chi connectivity index (χ0) is 13.3. The number of hydrogen-bond donors (Lipinski definition) is 1. The van der Waals surface area contributed by atoms with Crippen molar-refractivity contribution in [1.29, 1.82) is 0 Å². The van der Waals surface area contributed by atoms with Crippen LogP contribution >= 0.6 is 15.9 Å². The molecule has 0 amide bonds. The number of aryl methyl sites for hydroxylation is 2. The molecule has 4 nitrogen and oxygen atoms in total. The van der Waals surface area contributed by atoms with Gasteiger partial charge in [-0.1, -0.05) is 0 Å². The van der Waals surface area contributed by atoms with Crippen molar-refractivity contribution in [2.75, 3.05) is 5.32 Å². The molecule has 0 radical (unpaired) electrons. The van der Waals surface area contributed by atoms with Gasteiger partial charge in [0.15, 0.2) is 11.6 Å². The number of halogens is 2. The predicted octanol–water partition coefficient (Wildman–Crippen LogP) is 2.95. The summed E-state index contributed by atoms with van der Waals surface area (Å²) in [7, 11) is 1.89. The zero-order valence-electron chi connectivity index (χ0n) is 10.5. The summed E-state index contributed by atoms with van der Waals surface area (Å²) in [5, 5.41) is 7.31. The highest BCUT2D eigenvalue weighted by atomic mass is 79.9. The first-order chi connectivity index (χ1) is 8.49. The van der Waals surface area contributed by atoms with Crippen molar-refractivity contribution in [2.45, 2.75) is 20.4 Å². The van der Waals surface area contributed by atoms with Crippen molar-refractivity contribution in [2.24, 2.45) is 7.05 Å². The van der Waals surface area contributed by atoms with E-state index >= 15 is 0 Å². The van der Waals surface area contributed by atoms with E-state index in [9.17, 15) is 4.39 Å². The van der Waals surface area contributed by atoms with Gasteiger partial charge in [0, 0.05) is 35.5 Å². The highest BCUT2D eigenvalue weighted by Gasteiger charge is 2.10. The summed E-state index contributed by atoms with van der Waals surface area (Å²) in [5.74, 6) is -0.121. The standard InChI is InChI=1S/C12H14BrFN4/c1-7-10(8(2)18(3)17-7)6-16-12-11(14)4-9(13)5-15-12/h4-5H,6H2,1-3H3,(H,15,16). The third-order valence-corrected chi connectivity index (χ3v) is 3.33. The number of rotatable bonds is 3. The Morgan fingerprint density at radius 3 is 2.72 bits per heavy atom. The van der Waals surface area contributed by atoms with Crippen molar-refractivity contribution in [3.63, 3.8) is 0 Å². The number of aromatic nitrogens is 3. The largest absolute Gasteiger partial charge is 0.363 e. The zero-order valence-corrected chi connectivity index (χ0v) is 12.0. The molecule has 0 aliphatic carbocycles.